The first-order valence-corrected chi connectivity index (χ1v) is 8.79. The Kier molecular flexibility index (Phi) is 6.15. The Morgan fingerprint density at radius 2 is 1.67 bits per heavy atom. The van der Waals surface area contributed by atoms with Gasteiger partial charge in [-0.3, -0.25) is 4.79 Å². The van der Waals surface area contributed by atoms with Crippen LogP contribution in [0.5, 0.6) is 17.2 Å². The fourth-order valence-corrected chi connectivity index (χ4v) is 2.81. The van der Waals surface area contributed by atoms with Gasteiger partial charge in [-0.15, -0.1) is 0 Å². The van der Waals surface area contributed by atoms with Gasteiger partial charge in [0.1, 0.15) is 19.0 Å². The third-order valence-corrected chi connectivity index (χ3v) is 4.19. The summed E-state index contributed by atoms with van der Waals surface area (Å²) < 4.78 is 16.9. The van der Waals surface area contributed by atoms with Crippen LogP contribution in [0.2, 0.25) is 0 Å². The van der Waals surface area contributed by atoms with Crippen molar-refractivity contribution in [2.24, 2.45) is 0 Å². The highest BCUT2D eigenvalue weighted by Gasteiger charge is 2.08. The van der Waals surface area contributed by atoms with Crippen molar-refractivity contribution in [3.8, 4) is 17.2 Å². The molecule has 3 aromatic rings. The van der Waals surface area contributed by atoms with Gasteiger partial charge in [0.15, 0.2) is 11.5 Å². The number of carboxylic acid groups (broad SMARTS) is 1. The fraction of sp³-hybridized carbons (Fsp3) is 0.227. The van der Waals surface area contributed by atoms with Crippen LogP contribution in [-0.4, -0.2) is 31.4 Å². The number of methoxy groups -OCH3 is 1. The molecule has 3 rings (SSSR count). The second-order valence-electron chi connectivity index (χ2n) is 6.08. The summed E-state index contributed by atoms with van der Waals surface area (Å²) in [4.78, 5) is 10.7. The van der Waals surface area contributed by atoms with E-state index in [0.29, 0.717) is 31.1 Å². The van der Waals surface area contributed by atoms with Crippen molar-refractivity contribution < 1.29 is 24.1 Å². The molecule has 0 unspecified atom stereocenters. The van der Waals surface area contributed by atoms with E-state index in [1.54, 1.807) is 13.2 Å². The molecule has 0 heterocycles. The number of aryl methyl sites for hydroxylation is 1. The Balaban J connectivity index is 1.56. The van der Waals surface area contributed by atoms with E-state index in [1.807, 2.05) is 48.5 Å². The van der Waals surface area contributed by atoms with Gasteiger partial charge in [-0.1, -0.05) is 36.4 Å². The lowest BCUT2D eigenvalue weighted by molar-refractivity contribution is -0.136. The fourth-order valence-electron chi connectivity index (χ4n) is 2.81. The minimum atomic E-state index is -0.822. The largest absolute Gasteiger partial charge is 0.493 e. The molecule has 0 bridgehead atoms. The number of carbonyl (C=O) groups is 1. The van der Waals surface area contributed by atoms with Crippen LogP contribution in [0.3, 0.4) is 0 Å². The summed E-state index contributed by atoms with van der Waals surface area (Å²) in [6.07, 6.45) is 0.528. The Morgan fingerprint density at radius 3 is 2.44 bits per heavy atom. The normalized spacial score (nSPS) is 10.6. The molecule has 3 aromatic carbocycles. The lowest BCUT2D eigenvalue weighted by atomic mass is 10.1. The highest BCUT2D eigenvalue weighted by molar-refractivity contribution is 5.83. The zero-order valence-electron chi connectivity index (χ0n) is 15.2. The molecule has 0 radical (unpaired) electrons. The lowest BCUT2D eigenvalue weighted by Crippen LogP contribution is -2.10. The van der Waals surface area contributed by atoms with Gasteiger partial charge < -0.3 is 19.3 Å². The minimum absolute atomic E-state index is 0.0802. The number of ether oxygens (including phenoxy) is 3. The first-order chi connectivity index (χ1) is 13.2. The van der Waals surface area contributed by atoms with Gasteiger partial charge in [-0.25, -0.2) is 0 Å². The first kappa shape index (κ1) is 18.6. The van der Waals surface area contributed by atoms with Crippen LogP contribution in [0.4, 0.5) is 0 Å². The third kappa shape index (κ3) is 5.14. The van der Waals surface area contributed by atoms with Gasteiger partial charge in [0.2, 0.25) is 0 Å². The number of benzene rings is 3. The van der Waals surface area contributed by atoms with Crippen LogP contribution in [0.1, 0.15) is 12.0 Å². The molecular formula is C22H22O5. The molecule has 0 aliphatic heterocycles. The SMILES string of the molecule is COc1ccc(CCC(=O)O)cc1OCCOc1ccc2ccccc2c1. The number of aliphatic carboxylic acids is 1. The highest BCUT2D eigenvalue weighted by Crippen LogP contribution is 2.28. The highest BCUT2D eigenvalue weighted by atomic mass is 16.5. The predicted molar refractivity (Wildman–Crippen MR) is 104 cm³/mol. The summed E-state index contributed by atoms with van der Waals surface area (Å²) in [6.45, 7) is 0.742. The maximum atomic E-state index is 10.7. The Hall–Kier alpha value is -3.21. The quantitative estimate of drug-likeness (QED) is 0.571. The second-order valence-corrected chi connectivity index (χ2v) is 6.08. The summed E-state index contributed by atoms with van der Waals surface area (Å²) in [5.41, 5.74) is 0.892. The maximum Gasteiger partial charge on any atom is 0.303 e. The molecule has 0 aliphatic rings. The molecule has 0 amide bonds. The number of fused-ring (bicyclic) bond motifs is 1. The van der Waals surface area contributed by atoms with E-state index in [2.05, 4.69) is 6.07 Å². The van der Waals surface area contributed by atoms with E-state index >= 15 is 0 Å². The van der Waals surface area contributed by atoms with Crippen molar-refractivity contribution in [3.05, 3.63) is 66.2 Å². The van der Waals surface area contributed by atoms with Gasteiger partial charge in [0.05, 0.1) is 7.11 Å². The Morgan fingerprint density at radius 1 is 0.889 bits per heavy atom. The van der Waals surface area contributed by atoms with E-state index in [4.69, 9.17) is 19.3 Å². The number of carboxylic acids is 1. The van der Waals surface area contributed by atoms with Crippen molar-refractivity contribution in [2.45, 2.75) is 12.8 Å². The Bertz CT molecular complexity index is 919. The van der Waals surface area contributed by atoms with Gasteiger partial charge in [0.25, 0.3) is 0 Å². The van der Waals surface area contributed by atoms with Crippen LogP contribution >= 0.6 is 0 Å². The molecule has 0 spiro atoms. The zero-order chi connectivity index (χ0) is 19.1. The van der Waals surface area contributed by atoms with Crippen molar-refractivity contribution in [1.82, 2.24) is 0 Å². The molecule has 0 saturated heterocycles. The molecular weight excluding hydrogens is 344 g/mol. The average molecular weight is 366 g/mol. The summed E-state index contributed by atoms with van der Waals surface area (Å²) in [6, 6.07) is 19.5. The smallest absolute Gasteiger partial charge is 0.303 e. The summed E-state index contributed by atoms with van der Waals surface area (Å²) in [7, 11) is 1.57. The molecule has 0 saturated carbocycles. The molecule has 0 aromatic heterocycles. The molecule has 5 heteroatoms. The molecule has 27 heavy (non-hydrogen) atoms. The lowest BCUT2D eigenvalue weighted by Gasteiger charge is -2.13. The maximum absolute atomic E-state index is 10.7. The van der Waals surface area contributed by atoms with Crippen molar-refractivity contribution in [1.29, 1.82) is 0 Å². The van der Waals surface area contributed by atoms with Gasteiger partial charge in [0, 0.05) is 6.42 Å². The van der Waals surface area contributed by atoms with Crippen LogP contribution in [-0.2, 0) is 11.2 Å². The molecule has 0 atom stereocenters. The summed E-state index contributed by atoms with van der Waals surface area (Å²) in [5.74, 6) is 1.17. The zero-order valence-corrected chi connectivity index (χ0v) is 15.2. The molecule has 5 nitrogen and oxygen atoms in total. The van der Waals surface area contributed by atoms with Crippen LogP contribution < -0.4 is 14.2 Å². The molecule has 0 aliphatic carbocycles. The van der Waals surface area contributed by atoms with E-state index in [0.717, 1.165) is 16.7 Å². The molecule has 1 N–H and O–H groups in total. The number of hydrogen-bond acceptors (Lipinski definition) is 4. The first-order valence-electron chi connectivity index (χ1n) is 8.79. The third-order valence-electron chi connectivity index (χ3n) is 4.19. The number of rotatable bonds is 9. The van der Waals surface area contributed by atoms with E-state index in [-0.39, 0.29) is 6.42 Å². The van der Waals surface area contributed by atoms with E-state index in [9.17, 15) is 4.79 Å². The van der Waals surface area contributed by atoms with Gasteiger partial charge in [-0.05, 0) is 47.0 Å². The van der Waals surface area contributed by atoms with Crippen molar-refractivity contribution in [2.75, 3.05) is 20.3 Å². The minimum Gasteiger partial charge on any atom is -0.493 e. The van der Waals surface area contributed by atoms with E-state index in [1.165, 1.54) is 5.39 Å². The monoisotopic (exact) mass is 366 g/mol. The predicted octanol–water partition coefficient (Wildman–Crippen LogP) is 4.32. The Labute approximate surface area is 158 Å². The molecule has 140 valence electrons. The summed E-state index contributed by atoms with van der Waals surface area (Å²) >= 11 is 0. The van der Waals surface area contributed by atoms with Crippen LogP contribution in [0, 0.1) is 0 Å². The summed E-state index contributed by atoms with van der Waals surface area (Å²) in [5, 5.41) is 11.1. The standard InChI is InChI=1S/C22H22O5/c1-25-20-10-6-16(7-11-22(23)24)14-21(20)27-13-12-26-19-9-8-17-4-2-3-5-18(17)15-19/h2-6,8-10,14-15H,7,11-13H2,1H3,(H,23,24). The van der Waals surface area contributed by atoms with Gasteiger partial charge >= 0.3 is 5.97 Å². The van der Waals surface area contributed by atoms with Gasteiger partial charge in [-0.2, -0.15) is 0 Å². The second kappa shape index (κ2) is 8.94. The van der Waals surface area contributed by atoms with Crippen LogP contribution in [0.15, 0.2) is 60.7 Å². The van der Waals surface area contributed by atoms with Crippen molar-refractivity contribution in [3.63, 3.8) is 0 Å². The number of hydrogen-bond donors (Lipinski definition) is 1. The van der Waals surface area contributed by atoms with Crippen molar-refractivity contribution >= 4 is 16.7 Å². The average Bonchev–Trinajstić information content (AvgIpc) is 2.69. The van der Waals surface area contributed by atoms with Crippen LogP contribution in [0.25, 0.3) is 10.8 Å². The molecule has 0 fully saturated rings. The van der Waals surface area contributed by atoms with E-state index < -0.39 is 5.97 Å². The topological polar surface area (TPSA) is 65.0 Å².